The minimum absolute atomic E-state index is 0.207. The van der Waals surface area contributed by atoms with Crippen molar-refractivity contribution < 1.29 is 4.79 Å². The van der Waals surface area contributed by atoms with Crippen molar-refractivity contribution in [2.24, 2.45) is 0 Å². The Hall–Kier alpha value is -0.610. The van der Waals surface area contributed by atoms with Crippen LogP contribution in [-0.2, 0) is 4.79 Å². The van der Waals surface area contributed by atoms with Gasteiger partial charge < -0.3 is 10.6 Å². The van der Waals surface area contributed by atoms with Crippen LogP contribution in [0.3, 0.4) is 0 Å². The minimum Gasteiger partial charge on any atom is -0.355 e. The van der Waals surface area contributed by atoms with Gasteiger partial charge in [-0.2, -0.15) is 0 Å². The highest BCUT2D eigenvalue weighted by molar-refractivity contribution is 5.78. The quantitative estimate of drug-likeness (QED) is 0.735. The van der Waals surface area contributed by atoms with E-state index in [1.54, 1.807) is 0 Å². The molecule has 19 heavy (non-hydrogen) atoms. The smallest absolute Gasteiger partial charge is 0.234 e. The Labute approximate surface area is 117 Å². The van der Waals surface area contributed by atoms with Crippen LogP contribution in [0.5, 0.6) is 0 Å². The molecule has 0 aromatic carbocycles. The van der Waals surface area contributed by atoms with Crippen LogP contribution < -0.4 is 10.6 Å². The maximum Gasteiger partial charge on any atom is 0.234 e. The van der Waals surface area contributed by atoms with Gasteiger partial charge in [0.1, 0.15) is 0 Å². The lowest BCUT2D eigenvalue weighted by Crippen LogP contribution is -2.52. The number of piperidine rings is 1. The van der Waals surface area contributed by atoms with Gasteiger partial charge in [0.2, 0.25) is 5.91 Å². The number of carbonyl (C=O) groups excluding carboxylic acids is 1. The van der Waals surface area contributed by atoms with Gasteiger partial charge in [-0.1, -0.05) is 13.8 Å². The normalized spacial score (nSPS) is 30.5. The summed E-state index contributed by atoms with van der Waals surface area (Å²) < 4.78 is 0. The molecule has 2 bridgehead atoms. The van der Waals surface area contributed by atoms with E-state index in [1.165, 1.54) is 32.1 Å². The highest BCUT2D eigenvalue weighted by Gasteiger charge is 2.40. The fourth-order valence-corrected chi connectivity index (χ4v) is 3.53. The van der Waals surface area contributed by atoms with Crippen LogP contribution in [0.2, 0.25) is 0 Å². The third kappa shape index (κ3) is 3.93. The molecule has 2 saturated heterocycles. The second-order valence-electron chi connectivity index (χ2n) is 6.03. The predicted octanol–water partition coefficient (Wildman–Crippen LogP) is 1.51. The number of fused-ring (bicyclic) bond motifs is 2. The number of carbonyl (C=O) groups is 1. The molecule has 2 unspecified atom stereocenters. The summed E-state index contributed by atoms with van der Waals surface area (Å²) in [4.78, 5) is 14.3. The van der Waals surface area contributed by atoms with E-state index in [2.05, 4.69) is 29.4 Å². The monoisotopic (exact) mass is 267 g/mol. The second-order valence-corrected chi connectivity index (χ2v) is 6.03. The van der Waals surface area contributed by atoms with Crippen LogP contribution in [0.1, 0.15) is 52.4 Å². The van der Waals surface area contributed by atoms with E-state index in [-0.39, 0.29) is 5.91 Å². The summed E-state index contributed by atoms with van der Waals surface area (Å²) in [7, 11) is 0. The van der Waals surface area contributed by atoms with Crippen molar-refractivity contribution in [3.05, 3.63) is 0 Å². The zero-order chi connectivity index (χ0) is 13.7. The number of nitrogens with one attached hydrogen (secondary N) is 2. The first-order valence-electron chi connectivity index (χ1n) is 8.00. The molecule has 4 nitrogen and oxygen atoms in total. The van der Waals surface area contributed by atoms with E-state index >= 15 is 0 Å². The van der Waals surface area contributed by atoms with E-state index in [4.69, 9.17) is 0 Å². The van der Waals surface area contributed by atoms with Crippen LogP contribution in [0.15, 0.2) is 0 Å². The maximum atomic E-state index is 11.9. The fourth-order valence-electron chi connectivity index (χ4n) is 3.53. The van der Waals surface area contributed by atoms with Crippen molar-refractivity contribution in [1.82, 2.24) is 15.5 Å². The molecule has 1 amide bonds. The Bertz CT molecular complexity index is 281. The molecule has 0 radical (unpaired) electrons. The Morgan fingerprint density at radius 2 is 1.74 bits per heavy atom. The number of nitrogens with zero attached hydrogens (tertiary/aromatic N) is 1. The molecule has 0 aliphatic carbocycles. The van der Waals surface area contributed by atoms with Crippen molar-refractivity contribution in [3.8, 4) is 0 Å². The average molecular weight is 267 g/mol. The minimum atomic E-state index is 0.207. The van der Waals surface area contributed by atoms with Crippen molar-refractivity contribution in [2.75, 3.05) is 19.6 Å². The topological polar surface area (TPSA) is 44.4 Å². The molecule has 110 valence electrons. The third-order valence-electron chi connectivity index (χ3n) is 4.47. The summed E-state index contributed by atoms with van der Waals surface area (Å²) in [6, 6.07) is 1.92. The van der Waals surface area contributed by atoms with Gasteiger partial charge in [0.05, 0.1) is 6.54 Å². The summed E-state index contributed by atoms with van der Waals surface area (Å²) >= 11 is 0. The van der Waals surface area contributed by atoms with Crippen molar-refractivity contribution in [1.29, 1.82) is 0 Å². The van der Waals surface area contributed by atoms with Gasteiger partial charge in [-0.05, 0) is 45.1 Å². The first-order valence-corrected chi connectivity index (χ1v) is 8.00. The molecule has 2 rings (SSSR count). The van der Waals surface area contributed by atoms with Gasteiger partial charge in [0.15, 0.2) is 0 Å². The molecule has 4 heteroatoms. The lowest BCUT2D eigenvalue weighted by Gasteiger charge is -2.38. The molecule has 2 atom stereocenters. The van der Waals surface area contributed by atoms with Gasteiger partial charge >= 0.3 is 0 Å². The zero-order valence-corrected chi connectivity index (χ0v) is 12.5. The van der Waals surface area contributed by atoms with Gasteiger partial charge in [0.25, 0.3) is 0 Å². The molecule has 0 saturated carbocycles. The lowest BCUT2D eigenvalue weighted by atomic mass is 9.97. The SMILES string of the molecule is CCCNC(=O)CN1C2CCC1CC(NCCC)C2. The standard InChI is InChI=1S/C15H29N3O/c1-3-7-16-12-9-13-5-6-14(10-12)18(13)11-15(19)17-8-4-2/h12-14,16H,3-11H2,1-2H3,(H,17,19). The van der Waals surface area contributed by atoms with Crippen LogP contribution in [0.25, 0.3) is 0 Å². The first-order chi connectivity index (χ1) is 9.24. The second kappa shape index (κ2) is 7.25. The van der Waals surface area contributed by atoms with Crippen molar-refractivity contribution >= 4 is 5.91 Å². The van der Waals surface area contributed by atoms with E-state index in [0.717, 1.165) is 19.5 Å². The first kappa shape index (κ1) is 14.8. The predicted molar refractivity (Wildman–Crippen MR) is 78.1 cm³/mol. The Balaban J connectivity index is 1.80. The number of amides is 1. The van der Waals surface area contributed by atoms with Gasteiger partial charge in [-0.25, -0.2) is 0 Å². The molecule has 0 aromatic rings. The largest absolute Gasteiger partial charge is 0.355 e. The van der Waals surface area contributed by atoms with Crippen molar-refractivity contribution in [3.63, 3.8) is 0 Å². The molecule has 2 fully saturated rings. The summed E-state index contributed by atoms with van der Waals surface area (Å²) in [5, 5.41) is 6.65. The Morgan fingerprint density at radius 3 is 2.32 bits per heavy atom. The maximum absolute atomic E-state index is 11.9. The molecular formula is C15H29N3O. The highest BCUT2D eigenvalue weighted by Crippen LogP contribution is 2.35. The van der Waals surface area contributed by atoms with E-state index in [1.807, 2.05) is 0 Å². The Morgan fingerprint density at radius 1 is 1.11 bits per heavy atom. The van der Waals surface area contributed by atoms with Gasteiger partial charge in [0, 0.05) is 24.7 Å². The summed E-state index contributed by atoms with van der Waals surface area (Å²) in [5.74, 6) is 0.207. The number of rotatable bonds is 7. The van der Waals surface area contributed by atoms with Crippen LogP contribution >= 0.6 is 0 Å². The third-order valence-corrected chi connectivity index (χ3v) is 4.47. The summed E-state index contributed by atoms with van der Waals surface area (Å²) in [6.07, 6.45) is 7.21. The van der Waals surface area contributed by atoms with Crippen molar-refractivity contribution in [2.45, 2.75) is 70.5 Å². The summed E-state index contributed by atoms with van der Waals surface area (Å²) in [5.41, 5.74) is 0. The molecule has 2 aliphatic rings. The zero-order valence-electron chi connectivity index (χ0n) is 12.5. The van der Waals surface area contributed by atoms with E-state index in [9.17, 15) is 4.79 Å². The average Bonchev–Trinajstić information content (AvgIpc) is 2.65. The van der Waals surface area contributed by atoms with Gasteiger partial charge in [-0.15, -0.1) is 0 Å². The van der Waals surface area contributed by atoms with E-state index in [0.29, 0.717) is 24.7 Å². The molecule has 0 spiro atoms. The van der Waals surface area contributed by atoms with Gasteiger partial charge in [-0.3, -0.25) is 9.69 Å². The number of hydrogen-bond donors (Lipinski definition) is 2. The molecule has 2 N–H and O–H groups in total. The lowest BCUT2D eigenvalue weighted by molar-refractivity contribution is -0.123. The van der Waals surface area contributed by atoms with Crippen LogP contribution in [0.4, 0.5) is 0 Å². The molecule has 2 heterocycles. The van der Waals surface area contributed by atoms with Crippen LogP contribution in [0, 0.1) is 0 Å². The van der Waals surface area contributed by atoms with E-state index < -0.39 is 0 Å². The van der Waals surface area contributed by atoms with Crippen LogP contribution in [-0.4, -0.2) is 48.6 Å². The highest BCUT2D eigenvalue weighted by atomic mass is 16.2. The molecule has 2 aliphatic heterocycles. The number of hydrogen-bond acceptors (Lipinski definition) is 3. The summed E-state index contributed by atoms with van der Waals surface area (Å²) in [6.45, 7) is 6.85. The molecular weight excluding hydrogens is 238 g/mol. The fraction of sp³-hybridized carbons (Fsp3) is 0.933. The molecule has 0 aromatic heterocycles. The Kier molecular flexibility index (Phi) is 5.64.